The number of rotatable bonds is 8. The summed E-state index contributed by atoms with van der Waals surface area (Å²) in [6.45, 7) is 8.78. The molecular weight excluding hydrogens is 424 g/mol. The number of aryl methyl sites for hydroxylation is 4. The van der Waals surface area contributed by atoms with Gasteiger partial charge in [0.05, 0.1) is 22.0 Å². The van der Waals surface area contributed by atoms with Gasteiger partial charge in [-0.15, -0.1) is 0 Å². The summed E-state index contributed by atoms with van der Waals surface area (Å²) in [6.07, 6.45) is 0.783. The van der Waals surface area contributed by atoms with Gasteiger partial charge in [0.25, 0.3) is 0 Å². The summed E-state index contributed by atoms with van der Waals surface area (Å²) in [7, 11) is -0.516. The molecular formula is C24H32N4O3S. The zero-order valence-corrected chi connectivity index (χ0v) is 20.5. The van der Waals surface area contributed by atoms with Crippen molar-refractivity contribution in [1.82, 2.24) is 19.2 Å². The van der Waals surface area contributed by atoms with E-state index in [1.54, 1.807) is 18.2 Å². The molecule has 0 aliphatic heterocycles. The topological polar surface area (TPSA) is 84.3 Å². The van der Waals surface area contributed by atoms with Crippen LogP contribution in [-0.2, 0) is 27.8 Å². The number of nitrogens with one attached hydrogen (secondary N) is 1. The van der Waals surface area contributed by atoms with Crippen molar-refractivity contribution in [2.75, 3.05) is 14.1 Å². The van der Waals surface area contributed by atoms with Crippen LogP contribution in [0.4, 0.5) is 0 Å². The van der Waals surface area contributed by atoms with Gasteiger partial charge in [-0.3, -0.25) is 4.79 Å². The number of hydrogen-bond donors (Lipinski definition) is 1. The van der Waals surface area contributed by atoms with Gasteiger partial charge in [0, 0.05) is 33.5 Å². The molecule has 8 heteroatoms. The highest BCUT2D eigenvalue weighted by Crippen LogP contribution is 2.23. The predicted molar refractivity (Wildman–Crippen MR) is 127 cm³/mol. The normalized spacial score (nSPS) is 13.0. The van der Waals surface area contributed by atoms with Crippen molar-refractivity contribution in [3.63, 3.8) is 0 Å². The SMILES string of the molecule is CCn1c(CCC(=O)NC(C)c2cc(C)ccc2C)nc2cc(S(=O)(=O)N(C)C)ccc21. The molecule has 1 aromatic heterocycles. The summed E-state index contributed by atoms with van der Waals surface area (Å²) >= 11 is 0. The van der Waals surface area contributed by atoms with E-state index in [4.69, 9.17) is 0 Å². The minimum atomic E-state index is -3.53. The van der Waals surface area contributed by atoms with Gasteiger partial charge in [-0.2, -0.15) is 0 Å². The zero-order chi connectivity index (χ0) is 23.6. The Morgan fingerprint density at radius 2 is 1.88 bits per heavy atom. The van der Waals surface area contributed by atoms with Crippen LogP contribution in [0.25, 0.3) is 11.0 Å². The number of benzene rings is 2. The number of imidazole rings is 1. The fraction of sp³-hybridized carbons (Fsp3) is 0.417. The number of carbonyl (C=O) groups is 1. The number of amides is 1. The molecule has 7 nitrogen and oxygen atoms in total. The Morgan fingerprint density at radius 3 is 2.53 bits per heavy atom. The van der Waals surface area contributed by atoms with E-state index in [1.807, 2.05) is 32.3 Å². The van der Waals surface area contributed by atoms with Crippen LogP contribution in [0.1, 0.15) is 48.8 Å². The van der Waals surface area contributed by atoms with Gasteiger partial charge in [-0.1, -0.05) is 23.8 Å². The lowest BCUT2D eigenvalue weighted by Gasteiger charge is -2.17. The molecule has 1 heterocycles. The van der Waals surface area contributed by atoms with E-state index in [1.165, 1.54) is 24.0 Å². The zero-order valence-electron chi connectivity index (χ0n) is 19.6. The lowest BCUT2D eigenvalue weighted by atomic mass is 10.00. The highest BCUT2D eigenvalue weighted by atomic mass is 32.2. The van der Waals surface area contributed by atoms with Gasteiger partial charge < -0.3 is 9.88 Å². The third kappa shape index (κ3) is 4.86. The van der Waals surface area contributed by atoms with E-state index < -0.39 is 10.0 Å². The first-order chi connectivity index (χ1) is 15.0. The molecule has 1 amide bonds. The third-order valence-electron chi connectivity index (χ3n) is 5.75. The fourth-order valence-corrected chi connectivity index (χ4v) is 4.84. The van der Waals surface area contributed by atoms with Gasteiger partial charge in [-0.05, 0) is 57.0 Å². The van der Waals surface area contributed by atoms with Crippen molar-refractivity contribution >= 4 is 27.0 Å². The molecule has 32 heavy (non-hydrogen) atoms. The Morgan fingerprint density at radius 1 is 1.16 bits per heavy atom. The molecule has 0 saturated heterocycles. The quantitative estimate of drug-likeness (QED) is 0.560. The number of sulfonamides is 1. The van der Waals surface area contributed by atoms with Crippen LogP contribution >= 0.6 is 0 Å². The molecule has 0 spiro atoms. The number of aromatic nitrogens is 2. The Kier molecular flexibility index (Phi) is 7.05. The van der Waals surface area contributed by atoms with Gasteiger partial charge in [0.15, 0.2) is 0 Å². The van der Waals surface area contributed by atoms with Crippen LogP contribution in [-0.4, -0.2) is 42.3 Å². The molecule has 1 unspecified atom stereocenters. The van der Waals surface area contributed by atoms with Crippen molar-refractivity contribution in [2.24, 2.45) is 0 Å². The molecule has 0 bridgehead atoms. The maximum Gasteiger partial charge on any atom is 0.242 e. The highest BCUT2D eigenvalue weighted by Gasteiger charge is 2.20. The Hall–Kier alpha value is -2.71. The number of hydrogen-bond acceptors (Lipinski definition) is 4. The maximum atomic E-state index is 12.6. The molecule has 3 rings (SSSR count). The standard InChI is InChI=1S/C24H32N4O3S/c1-7-28-22-11-10-19(32(30,31)27(5)6)15-21(22)26-23(28)12-13-24(29)25-18(4)20-14-16(2)8-9-17(20)3/h8-11,14-15,18H,7,12-13H2,1-6H3,(H,25,29). The van der Waals surface area contributed by atoms with E-state index in [9.17, 15) is 13.2 Å². The molecule has 0 aliphatic carbocycles. The van der Waals surface area contributed by atoms with E-state index in [0.29, 0.717) is 24.9 Å². The van der Waals surface area contributed by atoms with Crippen molar-refractivity contribution in [3.8, 4) is 0 Å². The number of fused-ring (bicyclic) bond motifs is 1. The Bertz CT molecular complexity index is 1250. The summed E-state index contributed by atoms with van der Waals surface area (Å²) in [4.78, 5) is 17.5. The van der Waals surface area contributed by atoms with Crippen LogP contribution in [0.15, 0.2) is 41.3 Å². The van der Waals surface area contributed by atoms with Crippen molar-refractivity contribution in [2.45, 2.75) is 58.0 Å². The molecule has 172 valence electrons. The lowest BCUT2D eigenvalue weighted by molar-refractivity contribution is -0.121. The van der Waals surface area contributed by atoms with E-state index in [-0.39, 0.29) is 16.8 Å². The molecule has 1 atom stereocenters. The van der Waals surface area contributed by atoms with E-state index >= 15 is 0 Å². The summed E-state index contributed by atoms with van der Waals surface area (Å²) in [5.41, 5.74) is 4.92. The first-order valence-electron chi connectivity index (χ1n) is 10.8. The second-order valence-corrected chi connectivity index (χ2v) is 10.5. The van der Waals surface area contributed by atoms with Crippen LogP contribution in [0.3, 0.4) is 0 Å². The summed E-state index contributed by atoms with van der Waals surface area (Å²) in [5.74, 6) is 0.737. The fourth-order valence-electron chi connectivity index (χ4n) is 3.92. The predicted octanol–water partition coefficient (Wildman–Crippen LogP) is 3.73. The van der Waals surface area contributed by atoms with Gasteiger partial charge >= 0.3 is 0 Å². The minimum absolute atomic E-state index is 0.0380. The first kappa shape index (κ1) is 23.9. The van der Waals surface area contributed by atoms with Crippen LogP contribution < -0.4 is 5.32 Å². The van der Waals surface area contributed by atoms with Gasteiger partial charge in [0.2, 0.25) is 15.9 Å². The van der Waals surface area contributed by atoms with E-state index in [2.05, 4.69) is 28.5 Å². The molecule has 3 aromatic rings. The monoisotopic (exact) mass is 456 g/mol. The smallest absolute Gasteiger partial charge is 0.242 e. The lowest BCUT2D eigenvalue weighted by Crippen LogP contribution is -2.27. The highest BCUT2D eigenvalue weighted by molar-refractivity contribution is 7.89. The number of nitrogens with zero attached hydrogens (tertiary/aromatic N) is 3. The second-order valence-electron chi connectivity index (χ2n) is 8.36. The number of carbonyl (C=O) groups excluding carboxylic acids is 1. The van der Waals surface area contributed by atoms with Crippen LogP contribution in [0, 0.1) is 13.8 Å². The maximum absolute atomic E-state index is 12.6. The first-order valence-corrected chi connectivity index (χ1v) is 12.3. The molecule has 1 N–H and O–H groups in total. The van der Waals surface area contributed by atoms with Crippen LogP contribution in [0.2, 0.25) is 0 Å². The minimum Gasteiger partial charge on any atom is -0.350 e. The summed E-state index contributed by atoms with van der Waals surface area (Å²) < 4.78 is 28.1. The molecule has 0 radical (unpaired) electrons. The average molecular weight is 457 g/mol. The third-order valence-corrected chi connectivity index (χ3v) is 7.56. The molecule has 2 aromatic carbocycles. The molecule has 0 saturated carbocycles. The molecule has 0 aliphatic rings. The second kappa shape index (κ2) is 9.42. The van der Waals surface area contributed by atoms with Gasteiger partial charge in [0.1, 0.15) is 5.82 Å². The summed E-state index contributed by atoms with van der Waals surface area (Å²) in [6, 6.07) is 11.2. The van der Waals surface area contributed by atoms with Gasteiger partial charge in [-0.25, -0.2) is 17.7 Å². The molecule has 0 fully saturated rings. The van der Waals surface area contributed by atoms with Crippen molar-refractivity contribution in [3.05, 3.63) is 58.9 Å². The van der Waals surface area contributed by atoms with Crippen LogP contribution in [0.5, 0.6) is 0 Å². The largest absolute Gasteiger partial charge is 0.350 e. The van der Waals surface area contributed by atoms with Crippen molar-refractivity contribution < 1.29 is 13.2 Å². The van der Waals surface area contributed by atoms with Crippen molar-refractivity contribution in [1.29, 1.82) is 0 Å². The summed E-state index contributed by atoms with van der Waals surface area (Å²) in [5, 5.41) is 3.09. The average Bonchev–Trinajstić information content (AvgIpc) is 3.10. The Balaban J connectivity index is 1.76. The van der Waals surface area contributed by atoms with E-state index in [0.717, 1.165) is 22.5 Å². The Labute approximate surface area is 190 Å².